The Morgan fingerprint density at radius 3 is 2.83 bits per heavy atom. The number of carbonyl (C=O) groups excluding carboxylic acids is 1. The Kier molecular flexibility index (Phi) is 5.15. The van der Waals surface area contributed by atoms with E-state index in [0.717, 1.165) is 6.42 Å². The van der Waals surface area contributed by atoms with Crippen LogP contribution in [-0.4, -0.2) is 46.5 Å². The molecule has 2 heterocycles. The molecule has 2 amide bonds. The molecular formula is C18H24N4O2. The lowest BCUT2D eigenvalue weighted by molar-refractivity contribution is -0.0113. The molecule has 3 rings (SSSR count). The average molecular weight is 328 g/mol. The molecule has 1 saturated heterocycles. The number of benzene rings is 1. The molecule has 2 aromatic rings. The Hall–Kier alpha value is -2.34. The number of nitrogens with zero attached hydrogens (tertiary/aromatic N) is 3. The molecule has 1 aromatic carbocycles. The second-order valence-corrected chi connectivity index (χ2v) is 6.33. The van der Waals surface area contributed by atoms with E-state index >= 15 is 0 Å². The van der Waals surface area contributed by atoms with Gasteiger partial charge in [-0.15, -0.1) is 0 Å². The summed E-state index contributed by atoms with van der Waals surface area (Å²) in [5.74, 6) is 0.583. The zero-order chi connectivity index (χ0) is 16.9. The Labute approximate surface area is 142 Å². The van der Waals surface area contributed by atoms with Gasteiger partial charge in [-0.3, -0.25) is 10.00 Å². The van der Waals surface area contributed by atoms with Crippen LogP contribution < -0.4 is 5.32 Å². The maximum Gasteiger partial charge on any atom is 0.323 e. The number of morpholine rings is 1. The Balaban J connectivity index is 1.56. The van der Waals surface area contributed by atoms with Crippen LogP contribution in [0.2, 0.25) is 0 Å². The lowest BCUT2D eigenvalue weighted by atomic mass is 10.1. The monoisotopic (exact) mass is 328 g/mol. The fourth-order valence-corrected chi connectivity index (χ4v) is 2.79. The molecule has 1 N–H and O–H groups in total. The molecule has 1 fully saturated rings. The summed E-state index contributed by atoms with van der Waals surface area (Å²) in [4.78, 5) is 14.3. The number of ether oxygens (including phenoxy) is 1. The van der Waals surface area contributed by atoms with Gasteiger partial charge in [-0.25, -0.2) is 4.79 Å². The molecule has 1 unspecified atom stereocenters. The van der Waals surface area contributed by atoms with E-state index in [1.165, 1.54) is 5.56 Å². The van der Waals surface area contributed by atoms with Gasteiger partial charge in [0.2, 0.25) is 0 Å². The number of urea groups is 1. The normalized spacial score (nSPS) is 18.0. The molecule has 1 atom stereocenters. The molecule has 0 aliphatic carbocycles. The minimum Gasteiger partial charge on any atom is -0.374 e. The highest BCUT2D eigenvalue weighted by atomic mass is 16.5. The van der Waals surface area contributed by atoms with Crippen molar-refractivity contribution in [1.29, 1.82) is 0 Å². The van der Waals surface area contributed by atoms with Gasteiger partial charge in [-0.2, -0.15) is 5.10 Å². The molecule has 1 aliphatic heterocycles. The summed E-state index contributed by atoms with van der Waals surface area (Å²) in [5, 5.41) is 7.23. The summed E-state index contributed by atoms with van der Waals surface area (Å²) < 4.78 is 7.63. The summed E-state index contributed by atoms with van der Waals surface area (Å²) in [5.41, 5.74) is 1.22. The van der Waals surface area contributed by atoms with Crippen molar-refractivity contribution in [3.63, 3.8) is 0 Å². The second-order valence-electron chi connectivity index (χ2n) is 6.33. The number of nitrogens with one attached hydrogen (secondary N) is 1. The molecule has 1 aromatic heterocycles. The number of aromatic nitrogens is 2. The first-order valence-corrected chi connectivity index (χ1v) is 8.38. The first-order chi connectivity index (χ1) is 11.6. The van der Waals surface area contributed by atoms with Gasteiger partial charge in [0, 0.05) is 37.8 Å². The largest absolute Gasteiger partial charge is 0.374 e. The van der Waals surface area contributed by atoms with Gasteiger partial charge in [0.15, 0.2) is 5.82 Å². The van der Waals surface area contributed by atoms with Crippen LogP contribution in [0.4, 0.5) is 10.6 Å². The van der Waals surface area contributed by atoms with Crippen molar-refractivity contribution < 1.29 is 9.53 Å². The molecule has 0 radical (unpaired) electrons. The van der Waals surface area contributed by atoms with E-state index in [-0.39, 0.29) is 18.2 Å². The predicted octanol–water partition coefficient (Wildman–Crippen LogP) is 2.94. The van der Waals surface area contributed by atoms with E-state index < -0.39 is 0 Å². The van der Waals surface area contributed by atoms with E-state index in [1.807, 2.05) is 35.1 Å². The Morgan fingerprint density at radius 1 is 1.33 bits per heavy atom. The highest BCUT2D eigenvalue weighted by molar-refractivity contribution is 5.88. The van der Waals surface area contributed by atoms with E-state index in [0.29, 0.717) is 25.5 Å². The molecule has 1 aliphatic rings. The Bertz CT molecular complexity index is 669. The van der Waals surface area contributed by atoms with E-state index in [4.69, 9.17) is 4.74 Å². The van der Waals surface area contributed by atoms with Crippen molar-refractivity contribution in [2.24, 2.45) is 0 Å². The van der Waals surface area contributed by atoms with E-state index in [2.05, 4.69) is 36.4 Å². The van der Waals surface area contributed by atoms with Crippen LogP contribution in [0.3, 0.4) is 0 Å². The zero-order valence-electron chi connectivity index (χ0n) is 14.2. The third-order valence-corrected chi connectivity index (χ3v) is 4.10. The maximum absolute atomic E-state index is 12.5. The van der Waals surface area contributed by atoms with E-state index in [1.54, 1.807) is 4.90 Å². The maximum atomic E-state index is 12.5. The third-order valence-electron chi connectivity index (χ3n) is 4.10. The molecule has 0 saturated carbocycles. The topological polar surface area (TPSA) is 59.4 Å². The minimum atomic E-state index is -0.120. The number of amides is 2. The lowest BCUT2D eigenvalue weighted by Crippen LogP contribution is -2.48. The van der Waals surface area contributed by atoms with Crippen LogP contribution in [0.25, 0.3) is 0 Å². The zero-order valence-corrected chi connectivity index (χ0v) is 14.2. The van der Waals surface area contributed by atoms with Gasteiger partial charge >= 0.3 is 6.03 Å². The number of anilines is 1. The molecule has 128 valence electrons. The fraction of sp³-hybridized carbons (Fsp3) is 0.444. The fourth-order valence-electron chi connectivity index (χ4n) is 2.79. The molecule has 0 spiro atoms. The van der Waals surface area contributed by atoms with Gasteiger partial charge in [0.1, 0.15) is 0 Å². The van der Waals surface area contributed by atoms with Crippen LogP contribution in [0.5, 0.6) is 0 Å². The van der Waals surface area contributed by atoms with Gasteiger partial charge < -0.3 is 9.64 Å². The van der Waals surface area contributed by atoms with Gasteiger partial charge in [0.05, 0.1) is 12.7 Å². The van der Waals surface area contributed by atoms with Gasteiger partial charge in [-0.05, 0) is 19.4 Å². The quantitative estimate of drug-likeness (QED) is 0.939. The van der Waals surface area contributed by atoms with Crippen molar-refractivity contribution in [2.75, 3.05) is 25.0 Å². The molecule has 6 nitrogen and oxygen atoms in total. The van der Waals surface area contributed by atoms with Crippen LogP contribution in [0.1, 0.15) is 25.5 Å². The van der Waals surface area contributed by atoms with Crippen molar-refractivity contribution in [3.8, 4) is 0 Å². The van der Waals surface area contributed by atoms with Crippen LogP contribution in [0, 0.1) is 0 Å². The summed E-state index contributed by atoms with van der Waals surface area (Å²) in [7, 11) is 0. The van der Waals surface area contributed by atoms with Crippen molar-refractivity contribution in [1.82, 2.24) is 14.7 Å². The molecule has 24 heavy (non-hydrogen) atoms. The van der Waals surface area contributed by atoms with Crippen molar-refractivity contribution in [2.45, 2.75) is 32.4 Å². The predicted molar refractivity (Wildman–Crippen MR) is 93.1 cm³/mol. The lowest BCUT2D eigenvalue weighted by Gasteiger charge is -2.32. The number of rotatable bonds is 4. The number of hydrogen-bond donors (Lipinski definition) is 1. The van der Waals surface area contributed by atoms with Crippen LogP contribution >= 0.6 is 0 Å². The smallest absolute Gasteiger partial charge is 0.323 e. The molecule has 0 bridgehead atoms. The van der Waals surface area contributed by atoms with Crippen molar-refractivity contribution in [3.05, 3.63) is 48.2 Å². The van der Waals surface area contributed by atoms with Crippen molar-refractivity contribution >= 4 is 11.8 Å². The first kappa shape index (κ1) is 16.5. The van der Waals surface area contributed by atoms with E-state index in [9.17, 15) is 4.79 Å². The standard InChI is InChI=1S/C18H24N4O2/c1-14(2)22-9-8-17(20-22)19-18(23)21-10-11-24-16(13-21)12-15-6-4-3-5-7-15/h3-9,14,16H,10-13H2,1-2H3,(H,19,20,23). The summed E-state index contributed by atoms with van der Waals surface area (Å²) >= 11 is 0. The highest BCUT2D eigenvalue weighted by Gasteiger charge is 2.24. The van der Waals surface area contributed by atoms with Gasteiger partial charge in [0.25, 0.3) is 0 Å². The van der Waals surface area contributed by atoms with Gasteiger partial charge in [-0.1, -0.05) is 30.3 Å². The summed E-state index contributed by atoms with van der Waals surface area (Å²) in [6.07, 6.45) is 2.71. The highest BCUT2D eigenvalue weighted by Crippen LogP contribution is 2.14. The summed E-state index contributed by atoms with van der Waals surface area (Å²) in [6, 6.07) is 12.2. The SMILES string of the molecule is CC(C)n1ccc(NC(=O)N2CCOC(Cc3ccccc3)C2)n1. The minimum absolute atomic E-state index is 0.0279. The first-order valence-electron chi connectivity index (χ1n) is 8.38. The average Bonchev–Trinajstić information content (AvgIpc) is 3.05. The van der Waals surface area contributed by atoms with Crippen LogP contribution in [-0.2, 0) is 11.2 Å². The molecule has 6 heteroatoms. The second kappa shape index (κ2) is 7.49. The number of hydrogen-bond acceptors (Lipinski definition) is 3. The summed E-state index contributed by atoms with van der Waals surface area (Å²) in [6.45, 7) is 5.85. The molecular weight excluding hydrogens is 304 g/mol. The number of carbonyl (C=O) groups is 1. The Morgan fingerprint density at radius 2 is 2.12 bits per heavy atom. The van der Waals surface area contributed by atoms with Crippen LogP contribution in [0.15, 0.2) is 42.6 Å². The third kappa shape index (κ3) is 4.14.